The van der Waals surface area contributed by atoms with Gasteiger partial charge >= 0.3 is 0 Å². The fraction of sp³-hybridized carbons (Fsp3) is 0.667. The molecule has 4 heterocycles. The Labute approximate surface area is 320 Å². The number of Topliss-reactive ketones (excluding diaryl/α,β-unsaturated/α-hetero) is 2. The molecule has 4 aliphatic heterocycles. The van der Waals surface area contributed by atoms with Gasteiger partial charge in [-0.2, -0.15) is 0 Å². The van der Waals surface area contributed by atoms with Crippen LogP contribution in [-0.4, -0.2) is 97.4 Å². The Bertz CT molecular complexity index is 1850. The number of nitrogens with zero attached hydrogens (tertiary/aromatic N) is 1. The van der Waals surface area contributed by atoms with Gasteiger partial charge in [-0.05, 0) is 112 Å². The van der Waals surface area contributed by atoms with E-state index in [9.17, 15) is 30.0 Å². The molecule has 53 heavy (non-hydrogen) atoms. The number of benzene rings is 2. The molecule has 6 fully saturated rings. The van der Waals surface area contributed by atoms with Crippen molar-refractivity contribution in [3.05, 3.63) is 46.5 Å². The number of hydrogen-bond donors (Lipinski definition) is 5. The number of aliphatic hydroxyl groups is 2. The van der Waals surface area contributed by atoms with Crippen molar-refractivity contribution in [2.24, 2.45) is 11.8 Å². The van der Waals surface area contributed by atoms with E-state index in [1.807, 2.05) is 12.1 Å². The maximum atomic E-state index is 12.7. The van der Waals surface area contributed by atoms with E-state index in [0.717, 1.165) is 66.6 Å². The fourth-order valence-corrected chi connectivity index (χ4v) is 12.4. The Balaban J connectivity index is 0.000000130. The van der Waals surface area contributed by atoms with Crippen molar-refractivity contribution < 1.29 is 39.5 Å². The second-order valence-electron chi connectivity index (χ2n) is 17.1. The van der Waals surface area contributed by atoms with Crippen molar-refractivity contribution in [3.63, 3.8) is 0 Å². The monoisotopic (exact) mass is 794 g/mol. The van der Waals surface area contributed by atoms with E-state index < -0.39 is 34.2 Å². The summed E-state index contributed by atoms with van der Waals surface area (Å²) in [6, 6.07) is 7.18. The molecule has 2 aromatic rings. The number of carbonyl (C=O) groups excluding carboxylic acids is 2. The van der Waals surface area contributed by atoms with Crippen molar-refractivity contribution in [2.75, 3.05) is 25.0 Å². The first-order valence-corrected chi connectivity index (χ1v) is 20.3. The lowest BCUT2D eigenvalue weighted by Gasteiger charge is -2.62. The minimum atomic E-state index is -0.962. The zero-order valence-electron chi connectivity index (χ0n) is 28.8. The number of ketones is 2. The second-order valence-corrected chi connectivity index (χ2v) is 17.7. The first-order chi connectivity index (χ1) is 24.6. The van der Waals surface area contributed by atoms with Crippen LogP contribution >= 0.6 is 15.9 Å². The smallest absolute Gasteiger partial charge is 0.174 e. The Morgan fingerprint density at radius 1 is 0.755 bits per heavy atom. The van der Waals surface area contributed by atoms with Gasteiger partial charge in [-0.3, -0.25) is 14.5 Å². The molecular formula is C42H55BrN2O8. The van der Waals surface area contributed by atoms with Gasteiger partial charge in [0.15, 0.2) is 46.8 Å². The van der Waals surface area contributed by atoms with Crippen molar-refractivity contribution in [2.45, 2.75) is 138 Å². The molecule has 12 rings (SSSR count). The molecule has 4 saturated carbocycles. The van der Waals surface area contributed by atoms with Crippen LogP contribution in [0.2, 0.25) is 0 Å². The normalized spacial score (nSPS) is 38.5. The summed E-state index contributed by atoms with van der Waals surface area (Å²) in [7, 11) is 0. The first-order valence-electron chi connectivity index (χ1n) is 19.1. The van der Waals surface area contributed by atoms with Gasteiger partial charge in [0, 0.05) is 47.9 Å². The molecule has 288 valence electrons. The SMILES string of the molecule is BrCC1CC1.C.C.O=C1CCC2(O)C3Cc4ccc(O)c5c4C2(CCN3)C1O5.O=C1CCC2(O)C3Cc4ccc(O)c5c4C2(CCN3CC2CC2)C1O5. The minimum Gasteiger partial charge on any atom is -0.504 e. The summed E-state index contributed by atoms with van der Waals surface area (Å²) in [5.41, 5.74) is 0.785. The van der Waals surface area contributed by atoms with Gasteiger partial charge in [-0.25, -0.2) is 0 Å². The van der Waals surface area contributed by atoms with E-state index in [1.54, 1.807) is 12.1 Å². The predicted molar refractivity (Wildman–Crippen MR) is 203 cm³/mol. The predicted octanol–water partition coefficient (Wildman–Crippen LogP) is 4.99. The van der Waals surface area contributed by atoms with Gasteiger partial charge in [0.05, 0.1) is 22.0 Å². The number of halogens is 1. The molecule has 0 aromatic heterocycles. The van der Waals surface area contributed by atoms with Crippen LogP contribution in [0.3, 0.4) is 0 Å². The Morgan fingerprint density at radius 3 is 1.85 bits per heavy atom. The van der Waals surface area contributed by atoms with E-state index in [2.05, 4.69) is 26.1 Å². The fourth-order valence-electron chi connectivity index (χ4n) is 11.8. The van der Waals surface area contributed by atoms with Gasteiger partial charge < -0.3 is 35.2 Å². The highest BCUT2D eigenvalue weighted by atomic mass is 79.9. The van der Waals surface area contributed by atoms with Crippen molar-refractivity contribution in [1.29, 1.82) is 0 Å². The van der Waals surface area contributed by atoms with Gasteiger partial charge in [-0.1, -0.05) is 42.9 Å². The van der Waals surface area contributed by atoms with Gasteiger partial charge in [0.1, 0.15) is 0 Å². The number of ether oxygens (including phenoxy) is 2. The molecule has 10 nitrogen and oxygen atoms in total. The lowest BCUT2D eigenvalue weighted by atomic mass is 9.49. The summed E-state index contributed by atoms with van der Waals surface area (Å²) in [4.78, 5) is 27.6. The standard InChI is InChI=1S/C20H23NO4.C16H17NO4.C4H7Br.2CH4/c22-13-4-3-12-9-15-20(24)6-5-14(23)18-19(20,16(12)17(13)25-18)7-8-21(15)10-11-1-2-11;18-9-2-1-8-7-11-16(20)4-3-10(19)14-15(16,5-6-17-11)12(8)13(9)21-14;5-3-4-1-2-4;;/h3-4,11,15,18,22,24H,1-2,5-10H2;1-2,11,14,17-18,20H,3-7H2;4H,1-3H2;2*1H4. The van der Waals surface area contributed by atoms with Crippen LogP contribution in [-0.2, 0) is 33.3 Å². The molecule has 2 spiro atoms. The van der Waals surface area contributed by atoms with E-state index in [0.29, 0.717) is 50.0 Å². The molecule has 0 radical (unpaired) electrons. The molecule has 6 aliphatic carbocycles. The van der Waals surface area contributed by atoms with Gasteiger partial charge in [0.25, 0.3) is 0 Å². The number of nitrogens with one attached hydrogen (secondary N) is 1. The highest BCUT2D eigenvalue weighted by Crippen LogP contribution is 2.66. The molecule has 0 amide bonds. The summed E-state index contributed by atoms with van der Waals surface area (Å²) in [6.45, 7) is 2.71. The summed E-state index contributed by atoms with van der Waals surface area (Å²) >= 11 is 3.38. The summed E-state index contributed by atoms with van der Waals surface area (Å²) in [5.74, 6) is 2.98. The maximum Gasteiger partial charge on any atom is 0.174 e. The van der Waals surface area contributed by atoms with E-state index in [-0.39, 0.29) is 50.0 Å². The molecule has 5 N–H and O–H groups in total. The molecule has 8 unspecified atom stereocenters. The molecule has 2 saturated heterocycles. The highest BCUT2D eigenvalue weighted by molar-refractivity contribution is 9.09. The Kier molecular flexibility index (Phi) is 8.90. The number of likely N-dealkylation sites (tertiary alicyclic amines) is 1. The van der Waals surface area contributed by atoms with Crippen LogP contribution in [0, 0.1) is 11.8 Å². The van der Waals surface area contributed by atoms with Crippen LogP contribution in [0.4, 0.5) is 0 Å². The third-order valence-corrected chi connectivity index (χ3v) is 15.5. The number of alkyl halides is 1. The zero-order chi connectivity index (χ0) is 35.1. The number of phenols is 2. The minimum absolute atomic E-state index is 0. The quantitative estimate of drug-likeness (QED) is 0.269. The van der Waals surface area contributed by atoms with Crippen molar-refractivity contribution >= 4 is 27.5 Å². The number of hydrogen-bond acceptors (Lipinski definition) is 10. The largest absolute Gasteiger partial charge is 0.504 e. The van der Waals surface area contributed by atoms with E-state index in [4.69, 9.17) is 9.47 Å². The van der Waals surface area contributed by atoms with Crippen molar-refractivity contribution in [3.8, 4) is 23.0 Å². The first kappa shape index (κ1) is 37.2. The van der Waals surface area contributed by atoms with Crippen LogP contribution in [0.1, 0.15) is 101 Å². The van der Waals surface area contributed by atoms with Gasteiger partial charge in [-0.15, -0.1) is 0 Å². The number of piperidine rings is 2. The lowest BCUT2D eigenvalue weighted by Crippen LogP contribution is -2.76. The Hall–Kier alpha value is -2.70. The summed E-state index contributed by atoms with van der Waals surface area (Å²) in [5, 5.41) is 48.5. The summed E-state index contributed by atoms with van der Waals surface area (Å²) in [6.07, 6.45) is 8.79. The average Bonchev–Trinajstić information content (AvgIpc) is 4.05. The third kappa shape index (κ3) is 4.88. The van der Waals surface area contributed by atoms with Crippen LogP contribution in [0.15, 0.2) is 24.3 Å². The molecule has 10 aliphatic rings. The van der Waals surface area contributed by atoms with Crippen LogP contribution in [0.25, 0.3) is 0 Å². The number of carbonyl (C=O) groups is 2. The lowest BCUT2D eigenvalue weighted by molar-refractivity contribution is -0.188. The average molecular weight is 796 g/mol. The molecule has 11 heteroatoms. The van der Waals surface area contributed by atoms with E-state index >= 15 is 0 Å². The number of aromatic hydroxyl groups is 2. The van der Waals surface area contributed by atoms with Crippen LogP contribution in [0.5, 0.6) is 23.0 Å². The zero-order valence-corrected chi connectivity index (χ0v) is 30.4. The Morgan fingerprint density at radius 2 is 1.30 bits per heavy atom. The molecular weight excluding hydrogens is 740 g/mol. The summed E-state index contributed by atoms with van der Waals surface area (Å²) < 4.78 is 11.9. The number of rotatable bonds is 3. The van der Waals surface area contributed by atoms with E-state index in [1.165, 1.54) is 31.0 Å². The molecule has 8 atom stereocenters. The van der Waals surface area contributed by atoms with Gasteiger partial charge in [0.2, 0.25) is 0 Å². The maximum absolute atomic E-state index is 12.7. The van der Waals surface area contributed by atoms with Crippen molar-refractivity contribution in [1.82, 2.24) is 10.2 Å². The number of phenolic OH excluding ortho intramolecular Hbond substituents is 2. The molecule has 4 bridgehead atoms. The second kappa shape index (κ2) is 12.7. The highest BCUT2D eigenvalue weighted by Gasteiger charge is 2.74. The molecule has 2 aromatic carbocycles. The topological polar surface area (TPSA) is 149 Å². The third-order valence-electron chi connectivity index (χ3n) is 14.6. The van der Waals surface area contributed by atoms with Crippen LogP contribution < -0.4 is 14.8 Å².